The van der Waals surface area contributed by atoms with Gasteiger partial charge in [0.05, 0.1) is 11.6 Å². The largest absolute Gasteiger partial charge is 0.496 e. The van der Waals surface area contributed by atoms with Gasteiger partial charge in [-0.05, 0) is 51.9 Å². The van der Waals surface area contributed by atoms with Gasteiger partial charge in [-0.25, -0.2) is 0 Å². The first-order valence-corrected chi connectivity index (χ1v) is 6.72. The molecule has 3 heteroatoms. The fraction of sp³-hybridized carbons (Fsp3) is 0.571. The highest BCUT2D eigenvalue weighted by atomic mass is 79.9. The van der Waals surface area contributed by atoms with Crippen LogP contribution in [-0.2, 0) is 6.42 Å². The lowest BCUT2D eigenvalue weighted by atomic mass is 9.84. The van der Waals surface area contributed by atoms with Crippen molar-refractivity contribution in [1.82, 2.24) is 0 Å². The van der Waals surface area contributed by atoms with Crippen LogP contribution in [0.3, 0.4) is 0 Å². The van der Waals surface area contributed by atoms with E-state index in [-0.39, 0.29) is 11.5 Å². The third-order valence-electron chi connectivity index (χ3n) is 3.07. The van der Waals surface area contributed by atoms with Gasteiger partial charge >= 0.3 is 0 Å². The predicted molar refractivity (Wildman–Crippen MR) is 76.4 cm³/mol. The Balaban J connectivity index is 2.61. The van der Waals surface area contributed by atoms with Crippen LogP contribution in [0, 0.1) is 5.41 Å². The number of benzene rings is 1. The van der Waals surface area contributed by atoms with E-state index < -0.39 is 0 Å². The molecule has 0 spiro atoms. The maximum atomic E-state index is 6.16. The molecule has 96 valence electrons. The average molecular weight is 300 g/mol. The summed E-state index contributed by atoms with van der Waals surface area (Å²) in [4.78, 5) is 0. The number of methoxy groups -OCH3 is 1. The second-order valence-corrected chi connectivity index (χ2v) is 6.33. The summed E-state index contributed by atoms with van der Waals surface area (Å²) in [5.74, 6) is 0.869. The Morgan fingerprint density at radius 1 is 1.35 bits per heavy atom. The minimum atomic E-state index is 0.170. The Hall–Kier alpha value is -0.540. The minimum absolute atomic E-state index is 0.170. The van der Waals surface area contributed by atoms with Crippen molar-refractivity contribution in [3.05, 3.63) is 28.2 Å². The molecule has 1 aromatic rings. The van der Waals surface area contributed by atoms with Crippen molar-refractivity contribution in [3.63, 3.8) is 0 Å². The van der Waals surface area contributed by atoms with E-state index in [2.05, 4.69) is 48.8 Å². The Bertz CT molecular complexity index is 371. The van der Waals surface area contributed by atoms with Crippen molar-refractivity contribution < 1.29 is 4.74 Å². The fourth-order valence-electron chi connectivity index (χ4n) is 1.62. The van der Waals surface area contributed by atoms with Crippen LogP contribution in [0.5, 0.6) is 5.75 Å². The molecule has 0 aliphatic carbocycles. The summed E-state index contributed by atoms with van der Waals surface area (Å²) < 4.78 is 6.21. The van der Waals surface area contributed by atoms with Crippen molar-refractivity contribution >= 4 is 15.9 Å². The normalized spacial score (nSPS) is 13.5. The van der Waals surface area contributed by atoms with E-state index in [0.29, 0.717) is 0 Å². The van der Waals surface area contributed by atoms with E-state index >= 15 is 0 Å². The Labute approximate surface area is 113 Å². The van der Waals surface area contributed by atoms with Crippen LogP contribution in [0.25, 0.3) is 0 Å². The van der Waals surface area contributed by atoms with Gasteiger partial charge in [0.1, 0.15) is 5.75 Å². The zero-order valence-electron chi connectivity index (χ0n) is 11.1. The molecule has 0 bridgehead atoms. The zero-order valence-corrected chi connectivity index (χ0v) is 12.7. The molecule has 0 radical (unpaired) electrons. The van der Waals surface area contributed by atoms with E-state index in [9.17, 15) is 0 Å². The van der Waals surface area contributed by atoms with Crippen LogP contribution in [0.15, 0.2) is 22.7 Å². The van der Waals surface area contributed by atoms with Crippen molar-refractivity contribution in [3.8, 4) is 5.75 Å². The summed E-state index contributed by atoms with van der Waals surface area (Å²) in [5, 5.41) is 0. The maximum absolute atomic E-state index is 6.16. The highest BCUT2D eigenvalue weighted by molar-refractivity contribution is 9.10. The van der Waals surface area contributed by atoms with Gasteiger partial charge in [-0.15, -0.1) is 0 Å². The minimum Gasteiger partial charge on any atom is -0.496 e. The summed E-state index contributed by atoms with van der Waals surface area (Å²) in [7, 11) is 1.68. The molecule has 0 fully saturated rings. The first kappa shape index (κ1) is 14.5. The van der Waals surface area contributed by atoms with Crippen molar-refractivity contribution in [2.75, 3.05) is 7.11 Å². The SMILES string of the molecule is COc1ccc(CCC(N)C(C)(C)C)cc1Br. The highest BCUT2D eigenvalue weighted by Crippen LogP contribution is 2.27. The van der Waals surface area contributed by atoms with Gasteiger partial charge in [-0.2, -0.15) is 0 Å². The lowest BCUT2D eigenvalue weighted by molar-refractivity contribution is 0.306. The lowest BCUT2D eigenvalue weighted by Gasteiger charge is -2.27. The number of hydrogen-bond acceptors (Lipinski definition) is 2. The topological polar surface area (TPSA) is 35.2 Å². The Morgan fingerprint density at radius 2 is 2.00 bits per heavy atom. The number of ether oxygens (including phenoxy) is 1. The molecule has 17 heavy (non-hydrogen) atoms. The Morgan fingerprint density at radius 3 is 2.47 bits per heavy atom. The summed E-state index contributed by atoms with van der Waals surface area (Å²) >= 11 is 3.50. The van der Waals surface area contributed by atoms with Gasteiger partial charge in [0.15, 0.2) is 0 Å². The molecule has 0 saturated heterocycles. The molecule has 2 nitrogen and oxygen atoms in total. The molecule has 2 N–H and O–H groups in total. The standard InChI is InChI=1S/C14H22BrNO/c1-14(2,3)13(16)8-6-10-5-7-12(17-4)11(15)9-10/h5,7,9,13H,6,8,16H2,1-4H3. The van der Waals surface area contributed by atoms with Crippen LogP contribution < -0.4 is 10.5 Å². The van der Waals surface area contributed by atoms with Crippen LogP contribution in [0.1, 0.15) is 32.8 Å². The number of aryl methyl sites for hydroxylation is 1. The molecule has 1 aromatic carbocycles. The molecular weight excluding hydrogens is 278 g/mol. The molecule has 0 aliphatic heterocycles. The second-order valence-electron chi connectivity index (χ2n) is 5.48. The monoisotopic (exact) mass is 299 g/mol. The molecule has 1 unspecified atom stereocenters. The maximum Gasteiger partial charge on any atom is 0.133 e. The molecule has 0 heterocycles. The third kappa shape index (κ3) is 4.32. The quantitative estimate of drug-likeness (QED) is 0.919. The highest BCUT2D eigenvalue weighted by Gasteiger charge is 2.20. The molecule has 0 aromatic heterocycles. The van der Waals surface area contributed by atoms with Crippen LogP contribution in [-0.4, -0.2) is 13.2 Å². The first-order chi connectivity index (χ1) is 7.84. The van der Waals surface area contributed by atoms with Crippen LogP contribution in [0.2, 0.25) is 0 Å². The van der Waals surface area contributed by atoms with Gasteiger partial charge in [0, 0.05) is 6.04 Å². The van der Waals surface area contributed by atoms with Gasteiger partial charge < -0.3 is 10.5 Å². The van der Waals surface area contributed by atoms with Gasteiger partial charge in [0.25, 0.3) is 0 Å². The lowest BCUT2D eigenvalue weighted by Crippen LogP contribution is -2.35. The van der Waals surface area contributed by atoms with Crippen molar-refractivity contribution in [2.24, 2.45) is 11.1 Å². The number of nitrogens with two attached hydrogens (primary N) is 1. The third-order valence-corrected chi connectivity index (χ3v) is 3.69. The number of halogens is 1. The summed E-state index contributed by atoms with van der Waals surface area (Å²) in [6, 6.07) is 6.42. The molecular formula is C14H22BrNO. The number of rotatable bonds is 4. The van der Waals surface area contributed by atoms with E-state index in [0.717, 1.165) is 23.1 Å². The van der Waals surface area contributed by atoms with E-state index in [1.807, 2.05) is 6.07 Å². The second kappa shape index (κ2) is 5.87. The number of hydrogen-bond donors (Lipinski definition) is 1. The molecule has 1 atom stereocenters. The molecule has 0 saturated carbocycles. The van der Waals surface area contributed by atoms with Gasteiger partial charge in [-0.1, -0.05) is 26.8 Å². The van der Waals surface area contributed by atoms with Gasteiger partial charge in [-0.3, -0.25) is 0 Å². The van der Waals surface area contributed by atoms with E-state index in [4.69, 9.17) is 10.5 Å². The summed E-state index contributed by atoms with van der Waals surface area (Å²) in [6.45, 7) is 6.55. The van der Waals surface area contributed by atoms with E-state index in [1.54, 1.807) is 7.11 Å². The van der Waals surface area contributed by atoms with E-state index in [1.165, 1.54) is 5.56 Å². The molecule has 0 amide bonds. The molecule has 0 aliphatic rings. The predicted octanol–water partition coefficient (Wildman–Crippen LogP) is 3.76. The smallest absolute Gasteiger partial charge is 0.133 e. The molecule has 1 rings (SSSR count). The summed E-state index contributed by atoms with van der Waals surface area (Å²) in [6.07, 6.45) is 2.00. The average Bonchev–Trinajstić information content (AvgIpc) is 2.24. The van der Waals surface area contributed by atoms with Crippen LogP contribution in [0.4, 0.5) is 0 Å². The van der Waals surface area contributed by atoms with Gasteiger partial charge in [0.2, 0.25) is 0 Å². The Kier molecular flexibility index (Phi) is 5.02. The van der Waals surface area contributed by atoms with Crippen molar-refractivity contribution in [1.29, 1.82) is 0 Å². The first-order valence-electron chi connectivity index (χ1n) is 5.92. The zero-order chi connectivity index (χ0) is 13.1. The fourth-order valence-corrected chi connectivity index (χ4v) is 2.21. The van der Waals surface area contributed by atoms with Crippen molar-refractivity contribution in [2.45, 2.75) is 39.7 Å². The summed E-state index contributed by atoms with van der Waals surface area (Å²) in [5.41, 5.74) is 7.62. The van der Waals surface area contributed by atoms with Crippen LogP contribution >= 0.6 is 15.9 Å².